The van der Waals surface area contributed by atoms with Crippen molar-refractivity contribution < 1.29 is 9.53 Å². The van der Waals surface area contributed by atoms with E-state index >= 15 is 0 Å². The van der Waals surface area contributed by atoms with Crippen LogP contribution in [0.25, 0.3) is 0 Å². The van der Waals surface area contributed by atoms with Crippen molar-refractivity contribution in [3.8, 4) is 6.07 Å². The minimum absolute atomic E-state index is 0.200. The van der Waals surface area contributed by atoms with Crippen LogP contribution in [0.1, 0.15) is 18.1 Å². The fraction of sp³-hybridized carbons (Fsp3) is 0.467. The maximum absolute atomic E-state index is 12.0. The number of nitriles is 1. The zero-order chi connectivity index (χ0) is 14.4. The van der Waals surface area contributed by atoms with Crippen molar-refractivity contribution in [2.24, 2.45) is 0 Å². The smallest absolute Gasteiger partial charge is 0.324 e. The van der Waals surface area contributed by atoms with E-state index in [2.05, 4.69) is 16.3 Å². The van der Waals surface area contributed by atoms with Crippen LogP contribution in [-0.4, -0.2) is 43.2 Å². The SMILES string of the molecule is CCOC(=O)C1CNCCN1Cc1ccccc1C#N. The first kappa shape index (κ1) is 14.5. The second-order valence-electron chi connectivity index (χ2n) is 4.71. The number of esters is 1. The Labute approximate surface area is 119 Å². The fourth-order valence-electron chi connectivity index (χ4n) is 2.39. The average Bonchev–Trinajstić information content (AvgIpc) is 2.48. The highest BCUT2D eigenvalue weighted by atomic mass is 16.5. The molecule has 1 atom stereocenters. The van der Waals surface area contributed by atoms with Gasteiger partial charge in [0.15, 0.2) is 0 Å². The van der Waals surface area contributed by atoms with Crippen LogP contribution in [0, 0.1) is 11.3 Å². The normalized spacial score (nSPS) is 19.3. The predicted octanol–water partition coefficient (Wildman–Crippen LogP) is 0.895. The molecule has 0 radical (unpaired) electrons. The predicted molar refractivity (Wildman–Crippen MR) is 74.9 cm³/mol. The Balaban J connectivity index is 2.13. The molecule has 1 aromatic rings. The van der Waals surface area contributed by atoms with E-state index in [0.29, 0.717) is 25.3 Å². The molecule has 0 bridgehead atoms. The van der Waals surface area contributed by atoms with Crippen molar-refractivity contribution in [2.75, 3.05) is 26.2 Å². The van der Waals surface area contributed by atoms with Crippen LogP contribution < -0.4 is 5.32 Å². The minimum Gasteiger partial charge on any atom is -0.465 e. The lowest BCUT2D eigenvalue weighted by Gasteiger charge is -2.34. The highest BCUT2D eigenvalue weighted by Gasteiger charge is 2.29. The Kier molecular flexibility index (Phi) is 5.10. The molecular weight excluding hydrogens is 254 g/mol. The van der Waals surface area contributed by atoms with Gasteiger partial charge in [-0.15, -0.1) is 0 Å². The highest BCUT2D eigenvalue weighted by Crippen LogP contribution is 2.15. The third kappa shape index (κ3) is 3.35. The minimum atomic E-state index is -0.282. The zero-order valence-electron chi connectivity index (χ0n) is 11.6. The Morgan fingerprint density at radius 2 is 2.35 bits per heavy atom. The lowest BCUT2D eigenvalue weighted by Crippen LogP contribution is -2.54. The van der Waals surface area contributed by atoms with E-state index in [-0.39, 0.29) is 12.0 Å². The van der Waals surface area contributed by atoms with Gasteiger partial charge in [0.05, 0.1) is 18.2 Å². The van der Waals surface area contributed by atoms with Gasteiger partial charge in [-0.25, -0.2) is 0 Å². The molecule has 106 valence electrons. The van der Waals surface area contributed by atoms with Gasteiger partial charge in [-0.3, -0.25) is 9.69 Å². The molecule has 5 heteroatoms. The molecule has 0 amide bonds. The number of benzene rings is 1. The average molecular weight is 273 g/mol. The Bertz CT molecular complexity index is 510. The summed E-state index contributed by atoms with van der Waals surface area (Å²) in [7, 11) is 0. The number of ether oxygens (including phenoxy) is 1. The van der Waals surface area contributed by atoms with Gasteiger partial charge in [-0.2, -0.15) is 5.26 Å². The van der Waals surface area contributed by atoms with Crippen molar-refractivity contribution >= 4 is 5.97 Å². The molecule has 1 unspecified atom stereocenters. The third-order valence-corrected chi connectivity index (χ3v) is 3.42. The van der Waals surface area contributed by atoms with E-state index in [4.69, 9.17) is 10.00 Å². The maximum Gasteiger partial charge on any atom is 0.324 e. The van der Waals surface area contributed by atoms with Gasteiger partial charge >= 0.3 is 5.97 Å². The summed E-state index contributed by atoms with van der Waals surface area (Å²) in [6, 6.07) is 9.41. The maximum atomic E-state index is 12.0. The molecule has 5 nitrogen and oxygen atoms in total. The van der Waals surface area contributed by atoms with Crippen LogP contribution in [0.15, 0.2) is 24.3 Å². The molecule has 1 fully saturated rings. The number of hydrogen-bond acceptors (Lipinski definition) is 5. The molecule has 2 rings (SSSR count). The molecular formula is C15H19N3O2. The molecule has 1 N–H and O–H groups in total. The Morgan fingerprint density at radius 3 is 3.10 bits per heavy atom. The summed E-state index contributed by atoms with van der Waals surface area (Å²) in [5.74, 6) is -0.200. The van der Waals surface area contributed by atoms with E-state index in [9.17, 15) is 4.79 Å². The number of nitrogens with zero attached hydrogens (tertiary/aromatic N) is 2. The summed E-state index contributed by atoms with van der Waals surface area (Å²) in [4.78, 5) is 14.1. The lowest BCUT2D eigenvalue weighted by atomic mass is 10.1. The number of carbonyl (C=O) groups excluding carboxylic acids is 1. The zero-order valence-corrected chi connectivity index (χ0v) is 11.6. The van der Waals surface area contributed by atoms with Gasteiger partial charge in [0, 0.05) is 26.2 Å². The van der Waals surface area contributed by atoms with Crippen molar-refractivity contribution in [3.05, 3.63) is 35.4 Å². The molecule has 0 saturated carbocycles. The van der Waals surface area contributed by atoms with E-state index < -0.39 is 0 Å². The molecule has 1 heterocycles. The standard InChI is InChI=1S/C15H19N3O2/c1-2-20-15(19)14-10-17-7-8-18(14)11-13-6-4-3-5-12(13)9-16/h3-6,14,17H,2,7-8,10-11H2,1H3. The van der Waals surface area contributed by atoms with Crippen LogP contribution >= 0.6 is 0 Å². The van der Waals surface area contributed by atoms with E-state index in [1.54, 1.807) is 6.07 Å². The van der Waals surface area contributed by atoms with E-state index in [1.807, 2.05) is 25.1 Å². The second kappa shape index (κ2) is 7.04. The van der Waals surface area contributed by atoms with Crippen LogP contribution in [0.4, 0.5) is 0 Å². The first-order valence-electron chi connectivity index (χ1n) is 6.85. The van der Waals surface area contributed by atoms with Crippen LogP contribution in [0.2, 0.25) is 0 Å². The number of hydrogen-bond donors (Lipinski definition) is 1. The quantitative estimate of drug-likeness (QED) is 0.826. The summed E-state index contributed by atoms with van der Waals surface area (Å²) in [5, 5.41) is 12.3. The summed E-state index contributed by atoms with van der Waals surface area (Å²) in [6.45, 7) is 4.98. The second-order valence-corrected chi connectivity index (χ2v) is 4.71. The lowest BCUT2D eigenvalue weighted by molar-refractivity contribution is -0.150. The topological polar surface area (TPSA) is 65.4 Å². The summed E-state index contributed by atoms with van der Waals surface area (Å²) in [5.41, 5.74) is 1.61. The fourth-order valence-corrected chi connectivity index (χ4v) is 2.39. The van der Waals surface area contributed by atoms with Gasteiger partial charge in [0.1, 0.15) is 6.04 Å². The van der Waals surface area contributed by atoms with Crippen molar-refractivity contribution in [1.29, 1.82) is 5.26 Å². The van der Waals surface area contributed by atoms with Crippen LogP contribution in [-0.2, 0) is 16.1 Å². The third-order valence-electron chi connectivity index (χ3n) is 3.42. The Hall–Kier alpha value is -1.90. The van der Waals surface area contributed by atoms with Gasteiger partial charge in [0.2, 0.25) is 0 Å². The molecule has 1 aliphatic heterocycles. The highest BCUT2D eigenvalue weighted by molar-refractivity contribution is 5.76. The van der Waals surface area contributed by atoms with Crippen molar-refractivity contribution in [3.63, 3.8) is 0 Å². The van der Waals surface area contributed by atoms with E-state index in [1.165, 1.54) is 0 Å². The monoisotopic (exact) mass is 273 g/mol. The number of piperazine rings is 1. The van der Waals surface area contributed by atoms with Crippen LogP contribution in [0.5, 0.6) is 0 Å². The van der Waals surface area contributed by atoms with Gasteiger partial charge in [0.25, 0.3) is 0 Å². The largest absolute Gasteiger partial charge is 0.465 e. The molecule has 0 aliphatic carbocycles. The summed E-state index contributed by atoms with van der Waals surface area (Å²) >= 11 is 0. The number of nitrogens with one attached hydrogen (secondary N) is 1. The molecule has 1 aromatic carbocycles. The molecule has 0 spiro atoms. The van der Waals surface area contributed by atoms with Crippen LogP contribution in [0.3, 0.4) is 0 Å². The first-order valence-corrected chi connectivity index (χ1v) is 6.85. The number of carbonyl (C=O) groups is 1. The molecule has 1 aliphatic rings. The molecule has 0 aromatic heterocycles. The van der Waals surface area contributed by atoms with Crippen molar-refractivity contribution in [2.45, 2.75) is 19.5 Å². The molecule has 1 saturated heterocycles. The van der Waals surface area contributed by atoms with Crippen molar-refractivity contribution in [1.82, 2.24) is 10.2 Å². The summed E-state index contributed by atoms with van der Waals surface area (Å²) < 4.78 is 5.12. The first-order chi connectivity index (χ1) is 9.76. The molecule has 20 heavy (non-hydrogen) atoms. The summed E-state index contributed by atoms with van der Waals surface area (Å²) in [6.07, 6.45) is 0. The van der Waals surface area contributed by atoms with E-state index in [0.717, 1.165) is 18.7 Å². The number of rotatable bonds is 4. The van der Waals surface area contributed by atoms with Gasteiger partial charge < -0.3 is 10.1 Å². The Morgan fingerprint density at radius 1 is 1.55 bits per heavy atom. The van der Waals surface area contributed by atoms with Gasteiger partial charge in [-0.05, 0) is 18.6 Å². The van der Waals surface area contributed by atoms with Gasteiger partial charge in [-0.1, -0.05) is 18.2 Å².